The van der Waals surface area contributed by atoms with E-state index >= 15 is 0 Å². The zero-order valence-corrected chi connectivity index (χ0v) is 10.4. The zero-order valence-electron chi connectivity index (χ0n) is 9.58. The van der Waals surface area contributed by atoms with Gasteiger partial charge in [-0.2, -0.15) is 5.10 Å². The smallest absolute Gasteiger partial charge is 0.244 e. The van der Waals surface area contributed by atoms with Crippen molar-refractivity contribution in [1.82, 2.24) is 14.9 Å². The molecule has 2 N–H and O–H groups in total. The van der Waals surface area contributed by atoms with Crippen molar-refractivity contribution in [1.29, 1.82) is 0 Å². The van der Waals surface area contributed by atoms with Crippen molar-refractivity contribution in [2.45, 2.75) is 50.0 Å². The number of nitrogens with zero attached hydrogens (tertiary/aromatic N) is 1. The molecule has 2 rings (SSSR count). The molecule has 1 fully saturated rings. The van der Waals surface area contributed by atoms with Crippen molar-refractivity contribution < 1.29 is 8.42 Å². The third-order valence-corrected chi connectivity index (χ3v) is 4.91. The Hall–Kier alpha value is -0.880. The maximum atomic E-state index is 12.1. The molecule has 1 heterocycles. The predicted octanol–water partition coefficient (Wildman–Crippen LogP) is 1.33. The van der Waals surface area contributed by atoms with Gasteiger partial charge < -0.3 is 0 Å². The summed E-state index contributed by atoms with van der Waals surface area (Å²) in [6, 6.07) is 0. The Labute approximate surface area is 95.7 Å². The van der Waals surface area contributed by atoms with Crippen molar-refractivity contribution in [2.24, 2.45) is 0 Å². The van der Waals surface area contributed by atoms with Crippen LogP contribution in [0.4, 0.5) is 0 Å². The highest BCUT2D eigenvalue weighted by molar-refractivity contribution is 7.89. The number of aryl methyl sites for hydroxylation is 1. The van der Waals surface area contributed by atoms with Gasteiger partial charge in [-0.25, -0.2) is 13.1 Å². The zero-order chi connectivity index (χ0) is 11.8. The van der Waals surface area contributed by atoms with E-state index in [0.717, 1.165) is 25.7 Å². The van der Waals surface area contributed by atoms with Crippen molar-refractivity contribution in [2.75, 3.05) is 0 Å². The van der Waals surface area contributed by atoms with E-state index in [1.807, 2.05) is 6.92 Å². The molecule has 16 heavy (non-hydrogen) atoms. The largest absolute Gasteiger partial charge is 0.281 e. The van der Waals surface area contributed by atoms with Gasteiger partial charge in [0.1, 0.15) is 4.90 Å². The van der Waals surface area contributed by atoms with E-state index < -0.39 is 10.0 Å². The average Bonchev–Trinajstić information content (AvgIpc) is 2.73. The fraction of sp³-hybridized carbons (Fsp3) is 0.700. The van der Waals surface area contributed by atoms with E-state index in [-0.39, 0.29) is 10.4 Å². The first kappa shape index (κ1) is 11.6. The Bertz CT molecular complexity index is 472. The molecule has 6 heteroatoms. The summed E-state index contributed by atoms with van der Waals surface area (Å²) in [5, 5.41) is 6.38. The minimum absolute atomic E-state index is 0.251. The Morgan fingerprint density at radius 2 is 2.06 bits per heavy atom. The van der Waals surface area contributed by atoms with Crippen LogP contribution in [-0.2, 0) is 10.0 Å². The molecule has 1 aliphatic rings. The molecular weight excluding hydrogens is 226 g/mol. The number of rotatable bonds is 3. The van der Waals surface area contributed by atoms with Gasteiger partial charge in [0.05, 0.1) is 11.9 Å². The summed E-state index contributed by atoms with van der Waals surface area (Å²) in [6.07, 6.45) is 5.34. The Balaban J connectivity index is 2.24. The standard InChI is InChI=1S/C10H17N3O2S/c1-8-9(7-11-12-8)16(14,15)13-10(2)5-3-4-6-10/h7,13H,3-6H2,1-2H3,(H,11,12). The van der Waals surface area contributed by atoms with E-state index in [4.69, 9.17) is 0 Å². The average molecular weight is 243 g/mol. The van der Waals surface area contributed by atoms with Crippen LogP contribution in [0.25, 0.3) is 0 Å². The molecule has 0 atom stereocenters. The van der Waals surface area contributed by atoms with Gasteiger partial charge in [0.2, 0.25) is 10.0 Å². The van der Waals surface area contributed by atoms with E-state index in [0.29, 0.717) is 5.69 Å². The van der Waals surface area contributed by atoms with Gasteiger partial charge in [-0.1, -0.05) is 12.8 Å². The highest BCUT2D eigenvalue weighted by atomic mass is 32.2. The molecule has 5 nitrogen and oxygen atoms in total. The van der Waals surface area contributed by atoms with Gasteiger partial charge in [0.15, 0.2) is 0 Å². The molecule has 0 aliphatic heterocycles. The molecule has 1 saturated carbocycles. The number of hydrogen-bond donors (Lipinski definition) is 2. The molecule has 0 aromatic carbocycles. The Kier molecular flexibility index (Phi) is 2.79. The normalized spacial score (nSPS) is 20.1. The van der Waals surface area contributed by atoms with Gasteiger partial charge in [-0.3, -0.25) is 5.10 Å². The van der Waals surface area contributed by atoms with Gasteiger partial charge in [0.25, 0.3) is 0 Å². The van der Waals surface area contributed by atoms with Crippen LogP contribution in [0.2, 0.25) is 0 Å². The van der Waals surface area contributed by atoms with Gasteiger partial charge >= 0.3 is 0 Å². The second-order valence-electron chi connectivity index (χ2n) is 4.73. The molecule has 90 valence electrons. The minimum atomic E-state index is -3.43. The fourth-order valence-electron chi connectivity index (χ4n) is 2.25. The lowest BCUT2D eigenvalue weighted by molar-refractivity contribution is 0.427. The monoisotopic (exact) mass is 243 g/mol. The quantitative estimate of drug-likeness (QED) is 0.841. The third kappa shape index (κ3) is 2.12. The Morgan fingerprint density at radius 3 is 2.56 bits per heavy atom. The summed E-state index contributed by atoms with van der Waals surface area (Å²) in [5.41, 5.74) is 0.289. The number of hydrogen-bond acceptors (Lipinski definition) is 3. The molecular formula is C10H17N3O2S. The number of nitrogens with one attached hydrogen (secondary N) is 2. The van der Waals surface area contributed by atoms with Crippen molar-refractivity contribution >= 4 is 10.0 Å². The SMILES string of the molecule is Cc1[nH]ncc1S(=O)(=O)NC1(C)CCCC1. The van der Waals surface area contributed by atoms with Crippen LogP contribution in [0.3, 0.4) is 0 Å². The molecule has 0 unspecified atom stereocenters. The summed E-state index contributed by atoms with van der Waals surface area (Å²) in [7, 11) is -3.43. The first-order valence-corrected chi connectivity index (χ1v) is 6.95. The molecule has 1 aliphatic carbocycles. The lowest BCUT2D eigenvalue weighted by Gasteiger charge is -2.24. The third-order valence-electron chi connectivity index (χ3n) is 3.16. The number of aromatic amines is 1. The molecule has 1 aromatic rings. The summed E-state index contributed by atoms with van der Waals surface area (Å²) in [4.78, 5) is 0.251. The summed E-state index contributed by atoms with van der Waals surface area (Å²) < 4.78 is 27.0. The number of H-pyrrole nitrogens is 1. The van der Waals surface area contributed by atoms with E-state index in [9.17, 15) is 8.42 Å². The molecule has 1 aromatic heterocycles. The lowest BCUT2D eigenvalue weighted by atomic mass is 10.0. The first-order valence-electron chi connectivity index (χ1n) is 5.47. The predicted molar refractivity (Wildman–Crippen MR) is 60.5 cm³/mol. The van der Waals surface area contributed by atoms with Crippen LogP contribution < -0.4 is 4.72 Å². The molecule has 0 spiro atoms. The van der Waals surface area contributed by atoms with Gasteiger partial charge in [-0.05, 0) is 26.7 Å². The van der Waals surface area contributed by atoms with Crippen LogP contribution in [0, 0.1) is 6.92 Å². The fourth-order valence-corrected chi connectivity index (χ4v) is 3.85. The van der Waals surface area contributed by atoms with Crippen LogP contribution in [0.5, 0.6) is 0 Å². The lowest BCUT2D eigenvalue weighted by Crippen LogP contribution is -2.43. The highest BCUT2D eigenvalue weighted by Gasteiger charge is 2.34. The number of sulfonamides is 1. The van der Waals surface area contributed by atoms with Gasteiger partial charge in [-0.15, -0.1) is 0 Å². The van der Waals surface area contributed by atoms with Gasteiger partial charge in [0, 0.05) is 5.54 Å². The van der Waals surface area contributed by atoms with Crippen molar-refractivity contribution in [3.05, 3.63) is 11.9 Å². The maximum Gasteiger partial charge on any atom is 0.244 e. The van der Waals surface area contributed by atoms with Crippen LogP contribution in [-0.4, -0.2) is 24.2 Å². The topological polar surface area (TPSA) is 74.8 Å². The summed E-state index contributed by atoms with van der Waals surface area (Å²) >= 11 is 0. The summed E-state index contributed by atoms with van der Waals surface area (Å²) in [5.74, 6) is 0. The first-order chi connectivity index (χ1) is 7.43. The minimum Gasteiger partial charge on any atom is -0.281 e. The molecule has 0 radical (unpaired) electrons. The molecule has 0 amide bonds. The molecule has 0 saturated heterocycles. The van der Waals surface area contributed by atoms with Crippen LogP contribution >= 0.6 is 0 Å². The molecule has 0 bridgehead atoms. The maximum absolute atomic E-state index is 12.1. The van der Waals surface area contributed by atoms with E-state index in [1.165, 1.54) is 6.20 Å². The Morgan fingerprint density at radius 1 is 1.44 bits per heavy atom. The van der Waals surface area contributed by atoms with Crippen LogP contribution in [0.1, 0.15) is 38.3 Å². The second-order valence-corrected chi connectivity index (χ2v) is 6.38. The number of aromatic nitrogens is 2. The van der Waals surface area contributed by atoms with Crippen LogP contribution in [0.15, 0.2) is 11.1 Å². The second kappa shape index (κ2) is 3.85. The van der Waals surface area contributed by atoms with E-state index in [1.54, 1.807) is 6.92 Å². The van der Waals surface area contributed by atoms with Crippen molar-refractivity contribution in [3.63, 3.8) is 0 Å². The summed E-state index contributed by atoms with van der Waals surface area (Å²) in [6.45, 7) is 3.67. The highest BCUT2D eigenvalue weighted by Crippen LogP contribution is 2.30. The van der Waals surface area contributed by atoms with E-state index in [2.05, 4.69) is 14.9 Å². The van der Waals surface area contributed by atoms with Crippen molar-refractivity contribution in [3.8, 4) is 0 Å².